The van der Waals surface area contributed by atoms with E-state index in [1.165, 1.54) is 25.7 Å². The largest absolute Gasteiger partial charge is 2.00 e. The molecule has 0 amide bonds. The average Bonchev–Trinajstić information content (AvgIpc) is 3.18. The molecule has 0 N–H and O–H groups in total. The fourth-order valence-corrected chi connectivity index (χ4v) is 1.96. The maximum atomic E-state index is 10.9. The standard InChI is InChI=1S/2C11H10O4.C4H4O4.4C4H9.2Sn/c2*12-10(13)6-7-11(14)15-8-9-4-2-1-3-5-9;5-3(6)1-2-4(7)8;4*1-3-4-2;;/h2*1-7H,8H2,(H,12,13);1-2H,(H,5,6)(H,7,8);4*1,3-4H2,2H3;;/q;;;;;;;2*+2/p-4/b2*7-6-;2-1-;;;;;;. The second-order valence-corrected chi connectivity index (χ2v) is 9.88. The summed E-state index contributed by atoms with van der Waals surface area (Å²) in [5, 5.41) is 38.8. The van der Waals surface area contributed by atoms with Crippen molar-refractivity contribution in [2.24, 2.45) is 0 Å². The molecule has 0 bridgehead atoms. The van der Waals surface area contributed by atoms with Gasteiger partial charge in [0.05, 0.1) is 23.9 Å². The normalized spacial score (nSPS) is 8.93. The van der Waals surface area contributed by atoms with Gasteiger partial charge in [-0.15, -0.1) is 0 Å². The summed E-state index contributed by atoms with van der Waals surface area (Å²) < 4.78 is 9.52. The van der Waals surface area contributed by atoms with Gasteiger partial charge in [-0.25, -0.2) is 9.59 Å². The van der Waals surface area contributed by atoms with Crippen molar-refractivity contribution in [1.29, 1.82) is 0 Å². The Labute approximate surface area is 368 Å². The zero-order chi connectivity index (χ0) is 42.4. The van der Waals surface area contributed by atoms with Gasteiger partial charge in [0, 0.05) is 12.2 Å². The van der Waals surface area contributed by atoms with Crippen molar-refractivity contribution in [2.45, 2.75) is 92.3 Å². The van der Waals surface area contributed by atoms with Crippen molar-refractivity contribution < 1.29 is 58.7 Å². The molecule has 0 spiro atoms. The van der Waals surface area contributed by atoms with Gasteiger partial charge in [0.1, 0.15) is 13.2 Å². The molecular weight excluding hydrogens is 934 g/mol. The van der Waals surface area contributed by atoms with E-state index in [2.05, 4.69) is 55.4 Å². The second-order valence-electron chi connectivity index (χ2n) is 9.88. The molecule has 56 heavy (non-hydrogen) atoms. The van der Waals surface area contributed by atoms with Crippen molar-refractivity contribution in [3.8, 4) is 0 Å². The summed E-state index contributed by atoms with van der Waals surface area (Å²) in [6.45, 7) is 23.1. The van der Waals surface area contributed by atoms with Gasteiger partial charge in [0.2, 0.25) is 0 Å². The molecule has 0 saturated heterocycles. The zero-order valence-electron chi connectivity index (χ0n) is 33.0. The molecule has 2 rings (SSSR count). The summed E-state index contributed by atoms with van der Waals surface area (Å²) in [6, 6.07) is 18.2. The first-order valence-electron chi connectivity index (χ1n) is 17.1. The Morgan fingerprint density at radius 3 is 0.821 bits per heavy atom. The fraction of sp³-hybridized carbons (Fsp3) is 0.333. The van der Waals surface area contributed by atoms with Crippen molar-refractivity contribution in [2.75, 3.05) is 0 Å². The number of esters is 2. The van der Waals surface area contributed by atoms with Crippen LogP contribution in [0.3, 0.4) is 0 Å². The van der Waals surface area contributed by atoms with Crippen LogP contribution in [0.1, 0.15) is 90.2 Å². The van der Waals surface area contributed by atoms with Crippen molar-refractivity contribution in [3.05, 3.63) is 136 Å². The molecule has 0 unspecified atom stereocenters. The summed E-state index contributed by atoms with van der Waals surface area (Å²) in [5.74, 6) is -7.35. The molecule has 12 nitrogen and oxygen atoms in total. The number of aliphatic carboxylic acids is 4. The summed E-state index contributed by atoms with van der Waals surface area (Å²) in [6.07, 6.45) is 12.8. The van der Waals surface area contributed by atoms with Crippen LogP contribution in [0.25, 0.3) is 0 Å². The van der Waals surface area contributed by atoms with Gasteiger partial charge in [0.25, 0.3) is 0 Å². The molecule has 0 atom stereocenters. The monoisotopic (exact) mass is 992 g/mol. The number of hydrogen-bond donors (Lipinski definition) is 0. The third-order valence-electron chi connectivity index (χ3n) is 4.93. The Kier molecular flexibility index (Phi) is 66.2. The van der Waals surface area contributed by atoms with Gasteiger partial charge < -0.3 is 49.1 Å². The van der Waals surface area contributed by atoms with Gasteiger partial charge >= 0.3 is 59.8 Å². The quantitative estimate of drug-likeness (QED) is 0.152. The van der Waals surface area contributed by atoms with Gasteiger partial charge in [-0.2, -0.15) is 0 Å². The first-order chi connectivity index (χ1) is 25.6. The Morgan fingerprint density at radius 1 is 0.446 bits per heavy atom. The van der Waals surface area contributed by atoms with E-state index in [4.69, 9.17) is 9.47 Å². The number of carboxylic acids is 4. The average molecular weight is 990 g/mol. The minimum Gasteiger partial charge on any atom is -0.545 e. The third-order valence-corrected chi connectivity index (χ3v) is 4.93. The number of unbranched alkanes of at least 4 members (excludes halogenated alkanes) is 4. The Balaban J connectivity index is -0.000000109. The Bertz CT molecular complexity index is 1180. The molecule has 0 aromatic heterocycles. The van der Waals surface area contributed by atoms with E-state index in [1.807, 2.05) is 36.4 Å². The number of rotatable bonds is 14. The number of hydrogen-bond acceptors (Lipinski definition) is 12. The predicted octanol–water partition coefficient (Wildman–Crippen LogP) is 2.83. The van der Waals surface area contributed by atoms with Gasteiger partial charge in [-0.1, -0.05) is 167 Å². The van der Waals surface area contributed by atoms with E-state index in [9.17, 15) is 49.2 Å². The maximum absolute atomic E-state index is 10.9. The summed E-state index contributed by atoms with van der Waals surface area (Å²) >= 11 is 0. The molecule has 0 saturated carbocycles. The van der Waals surface area contributed by atoms with Gasteiger partial charge in [0.15, 0.2) is 0 Å². The number of carbonyl (C=O) groups excluding carboxylic acids is 6. The van der Waals surface area contributed by atoms with E-state index in [1.54, 1.807) is 24.3 Å². The van der Waals surface area contributed by atoms with Gasteiger partial charge in [-0.3, -0.25) is 0 Å². The topological polar surface area (TPSA) is 213 Å². The fourth-order valence-electron chi connectivity index (χ4n) is 1.96. The zero-order valence-corrected chi connectivity index (χ0v) is 38.7. The number of ether oxygens (including phenoxy) is 2. The summed E-state index contributed by atoms with van der Waals surface area (Å²) in [4.78, 5) is 60.6. The van der Waals surface area contributed by atoms with E-state index >= 15 is 0 Å². The van der Waals surface area contributed by atoms with Crippen LogP contribution in [0.4, 0.5) is 0 Å². The minimum atomic E-state index is -1.55. The van der Waals surface area contributed by atoms with E-state index in [0.717, 1.165) is 49.0 Å². The van der Waals surface area contributed by atoms with Crippen LogP contribution >= 0.6 is 0 Å². The van der Waals surface area contributed by atoms with Crippen LogP contribution in [0.2, 0.25) is 0 Å². The molecule has 304 valence electrons. The van der Waals surface area contributed by atoms with Crippen LogP contribution in [-0.2, 0) is 51.5 Å². The van der Waals surface area contributed by atoms with Crippen LogP contribution < -0.4 is 20.4 Å². The molecule has 2 aromatic carbocycles. The van der Waals surface area contributed by atoms with E-state index in [-0.39, 0.29) is 61.0 Å². The number of carboxylic acid groups (broad SMARTS) is 4. The maximum Gasteiger partial charge on any atom is 2.00 e. The molecule has 0 aliphatic heterocycles. The van der Waals surface area contributed by atoms with Crippen LogP contribution in [0, 0.1) is 27.7 Å². The SMILES string of the molecule is O=C([O-])/C=C\C(=O)OCc1ccccc1.O=C([O-])/C=C\C(=O)OCc1ccccc1.O=C([O-])/C=C\C(=O)[O-].[CH2]CCC.[CH2]CCC.[CH2]CCC.[CH2]CCC.[Sn+2].[Sn+2]. The number of carbonyl (C=O) groups is 6. The predicted molar refractivity (Wildman–Crippen MR) is 212 cm³/mol. The molecule has 8 radical (unpaired) electrons. The van der Waals surface area contributed by atoms with Crippen molar-refractivity contribution in [1.82, 2.24) is 0 Å². The molecule has 14 heteroatoms. The molecule has 0 aliphatic carbocycles. The molecular formula is C42H56O12Sn2. The second kappa shape index (κ2) is 55.4. The minimum absolute atomic E-state index is 0. The van der Waals surface area contributed by atoms with Crippen LogP contribution in [0.5, 0.6) is 0 Å². The van der Waals surface area contributed by atoms with Crippen LogP contribution in [-0.4, -0.2) is 83.6 Å². The Morgan fingerprint density at radius 2 is 0.643 bits per heavy atom. The summed E-state index contributed by atoms with van der Waals surface area (Å²) in [7, 11) is 0. The van der Waals surface area contributed by atoms with E-state index in [0.29, 0.717) is 24.3 Å². The third kappa shape index (κ3) is 71.5. The molecule has 0 heterocycles. The smallest absolute Gasteiger partial charge is 0.545 e. The molecule has 2 aromatic rings. The molecule has 0 aliphatic rings. The summed E-state index contributed by atoms with van der Waals surface area (Å²) in [5.41, 5.74) is 1.68. The van der Waals surface area contributed by atoms with Crippen LogP contribution in [0.15, 0.2) is 97.1 Å². The van der Waals surface area contributed by atoms with E-state index < -0.39 is 35.8 Å². The first kappa shape index (κ1) is 66.9. The molecule has 0 fully saturated rings. The first-order valence-corrected chi connectivity index (χ1v) is 17.1. The van der Waals surface area contributed by atoms with Crippen molar-refractivity contribution >= 4 is 83.6 Å². The van der Waals surface area contributed by atoms with Crippen molar-refractivity contribution in [3.63, 3.8) is 0 Å². The van der Waals surface area contributed by atoms with Gasteiger partial charge in [-0.05, 0) is 35.4 Å². The Hall–Kier alpha value is -3.92. The number of benzene rings is 2.